The van der Waals surface area contributed by atoms with Gasteiger partial charge in [-0.3, -0.25) is 4.79 Å². The first kappa shape index (κ1) is 16.4. The van der Waals surface area contributed by atoms with Crippen LogP contribution in [-0.2, 0) is 4.79 Å². The molecule has 0 aromatic carbocycles. The molecular formula is C15H31N3O. The highest BCUT2D eigenvalue weighted by atomic mass is 16.1. The summed E-state index contributed by atoms with van der Waals surface area (Å²) in [5, 5.41) is 6.29. The summed E-state index contributed by atoms with van der Waals surface area (Å²) in [4.78, 5) is 14.4. The molecule has 0 bridgehead atoms. The van der Waals surface area contributed by atoms with Crippen molar-refractivity contribution >= 4 is 5.91 Å². The molecule has 2 unspecified atom stereocenters. The largest absolute Gasteiger partial charge is 0.356 e. The molecule has 1 heterocycles. The van der Waals surface area contributed by atoms with Crippen molar-refractivity contribution in [2.45, 2.75) is 40.0 Å². The molecule has 1 aliphatic rings. The van der Waals surface area contributed by atoms with Gasteiger partial charge in [0.1, 0.15) is 0 Å². The number of carbonyl (C=O) groups excluding carboxylic acids is 1. The standard InChI is InChI=1S/C15H31N3O/c1-4-16-11-14(3)15(19)17-10-13(2)12-18-8-6-5-7-9-18/h13-14,16H,4-12H2,1-3H3,(H,17,19). The normalized spacial score (nSPS) is 19.9. The van der Waals surface area contributed by atoms with Crippen LogP contribution in [-0.4, -0.2) is 50.1 Å². The van der Waals surface area contributed by atoms with Gasteiger partial charge in [0.15, 0.2) is 0 Å². The zero-order chi connectivity index (χ0) is 14.1. The Morgan fingerprint density at radius 3 is 2.47 bits per heavy atom. The zero-order valence-electron chi connectivity index (χ0n) is 12.9. The maximum atomic E-state index is 11.9. The second-order valence-electron chi connectivity index (χ2n) is 5.92. The van der Waals surface area contributed by atoms with Gasteiger partial charge in [-0.25, -0.2) is 0 Å². The fourth-order valence-corrected chi connectivity index (χ4v) is 2.55. The molecule has 1 saturated heterocycles. The summed E-state index contributed by atoms with van der Waals surface area (Å²) in [7, 11) is 0. The van der Waals surface area contributed by atoms with Gasteiger partial charge in [0.05, 0.1) is 0 Å². The fraction of sp³-hybridized carbons (Fsp3) is 0.933. The van der Waals surface area contributed by atoms with Crippen molar-refractivity contribution in [2.75, 3.05) is 39.3 Å². The number of nitrogens with zero attached hydrogens (tertiary/aromatic N) is 1. The summed E-state index contributed by atoms with van der Waals surface area (Å²) < 4.78 is 0. The highest BCUT2D eigenvalue weighted by Crippen LogP contribution is 2.10. The van der Waals surface area contributed by atoms with Gasteiger partial charge in [0.25, 0.3) is 0 Å². The third kappa shape index (κ3) is 6.92. The lowest BCUT2D eigenvalue weighted by atomic mass is 10.1. The average molecular weight is 269 g/mol. The molecule has 0 aliphatic carbocycles. The van der Waals surface area contributed by atoms with Crippen LogP contribution in [0.4, 0.5) is 0 Å². The molecule has 0 aromatic rings. The van der Waals surface area contributed by atoms with E-state index in [1.807, 2.05) is 6.92 Å². The van der Waals surface area contributed by atoms with Crippen molar-refractivity contribution in [3.8, 4) is 0 Å². The third-order valence-electron chi connectivity index (χ3n) is 3.79. The van der Waals surface area contributed by atoms with Gasteiger partial charge in [0.2, 0.25) is 5.91 Å². The van der Waals surface area contributed by atoms with Crippen LogP contribution in [0.25, 0.3) is 0 Å². The maximum absolute atomic E-state index is 11.9. The van der Waals surface area contributed by atoms with Crippen LogP contribution >= 0.6 is 0 Å². The fourth-order valence-electron chi connectivity index (χ4n) is 2.55. The van der Waals surface area contributed by atoms with E-state index in [4.69, 9.17) is 0 Å². The summed E-state index contributed by atoms with van der Waals surface area (Å²) in [6, 6.07) is 0. The predicted octanol–water partition coefficient (Wildman–Crippen LogP) is 1.47. The number of hydrogen-bond donors (Lipinski definition) is 2. The van der Waals surface area contributed by atoms with E-state index in [0.29, 0.717) is 5.92 Å². The van der Waals surface area contributed by atoms with Gasteiger partial charge in [-0.1, -0.05) is 27.2 Å². The molecular weight excluding hydrogens is 238 g/mol. The van der Waals surface area contributed by atoms with Gasteiger partial charge in [-0.2, -0.15) is 0 Å². The minimum atomic E-state index is 0.0575. The van der Waals surface area contributed by atoms with Gasteiger partial charge in [0, 0.05) is 25.6 Å². The van der Waals surface area contributed by atoms with Crippen LogP contribution in [0.2, 0.25) is 0 Å². The predicted molar refractivity (Wildman–Crippen MR) is 80.2 cm³/mol. The number of rotatable bonds is 8. The number of carbonyl (C=O) groups is 1. The van der Waals surface area contributed by atoms with Crippen molar-refractivity contribution in [2.24, 2.45) is 11.8 Å². The van der Waals surface area contributed by atoms with Crippen LogP contribution < -0.4 is 10.6 Å². The van der Waals surface area contributed by atoms with Crippen molar-refractivity contribution in [3.05, 3.63) is 0 Å². The van der Waals surface area contributed by atoms with E-state index in [9.17, 15) is 4.79 Å². The lowest BCUT2D eigenvalue weighted by Crippen LogP contribution is -2.40. The van der Waals surface area contributed by atoms with E-state index in [-0.39, 0.29) is 11.8 Å². The molecule has 0 radical (unpaired) electrons. The van der Waals surface area contributed by atoms with E-state index in [0.717, 1.165) is 26.2 Å². The Balaban J connectivity index is 2.14. The Labute approximate surface area is 118 Å². The Morgan fingerprint density at radius 1 is 1.16 bits per heavy atom. The first-order valence-corrected chi connectivity index (χ1v) is 7.84. The third-order valence-corrected chi connectivity index (χ3v) is 3.79. The summed E-state index contributed by atoms with van der Waals surface area (Å²) in [5.41, 5.74) is 0. The molecule has 0 spiro atoms. The SMILES string of the molecule is CCNCC(C)C(=O)NCC(C)CN1CCCCC1. The monoisotopic (exact) mass is 269 g/mol. The molecule has 1 fully saturated rings. The van der Waals surface area contributed by atoms with Crippen LogP contribution in [0.3, 0.4) is 0 Å². The van der Waals surface area contributed by atoms with E-state index < -0.39 is 0 Å². The van der Waals surface area contributed by atoms with Crippen molar-refractivity contribution in [1.29, 1.82) is 0 Å². The molecule has 4 heteroatoms. The number of piperidine rings is 1. The Bertz CT molecular complexity index is 252. The van der Waals surface area contributed by atoms with E-state index in [2.05, 4.69) is 29.4 Å². The van der Waals surface area contributed by atoms with E-state index in [1.165, 1.54) is 32.4 Å². The minimum absolute atomic E-state index is 0.0575. The van der Waals surface area contributed by atoms with Gasteiger partial charge in [-0.15, -0.1) is 0 Å². The summed E-state index contributed by atoms with van der Waals surface area (Å²) in [5.74, 6) is 0.766. The van der Waals surface area contributed by atoms with Gasteiger partial charge < -0.3 is 15.5 Å². The molecule has 112 valence electrons. The van der Waals surface area contributed by atoms with Crippen molar-refractivity contribution < 1.29 is 4.79 Å². The minimum Gasteiger partial charge on any atom is -0.356 e. The second kappa shape index (κ2) is 9.32. The van der Waals surface area contributed by atoms with E-state index >= 15 is 0 Å². The van der Waals surface area contributed by atoms with Crippen LogP contribution in [0, 0.1) is 11.8 Å². The van der Waals surface area contributed by atoms with Gasteiger partial charge in [-0.05, 0) is 38.4 Å². The smallest absolute Gasteiger partial charge is 0.224 e. The molecule has 0 aromatic heterocycles. The topological polar surface area (TPSA) is 44.4 Å². The highest BCUT2D eigenvalue weighted by molar-refractivity contribution is 5.78. The molecule has 1 rings (SSSR count). The van der Waals surface area contributed by atoms with E-state index in [1.54, 1.807) is 0 Å². The molecule has 1 amide bonds. The molecule has 4 nitrogen and oxygen atoms in total. The molecule has 1 aliphatic heterocycles. The molecule has 19 heavy (non-hydrogen) atoms. The lowest BCUT2D eigenvalue weighted by molar-refractivity contribution is -0.124. The summed E-state index contributed by atoms with van der Waals surface area (Å²) in [6.07, 6.45) is 4.04. The summed E-state index contributed by atoms with van der Waals surface area (Å²) in [6.45, 7) is 12.3. The van der Waals surface area contributed by atoms with Crippen LogP contribution in [0.15, 0.2) is 0 Å². The average Bonchev–Trinajstić information content (AvgIpc) is 2.43. The Hall–Kier alpha value is -0.610. The summed E-state index contributed by atoms with van der Waals surface area (Å²) >= 11 is 0. The molecule has 2 atom stereocenters. The van der Waals surface area contributed by atoms with Crippen molar-refractivity contribution in [1.82, 2.24) is 15.5 Å². The first-order valence-electron chi connectivity index (χ1n) is 7.84. The van der Waals surface area contributed by atoms with Crippen molar-refractivity contribution in [3.63, 3.8) is 0 Å². The van der Waals surface area contributed by atoms with Gasteiger partial charge >= 0.3 is 0 Å². The highest BCUT2D eigenvalue weighted by Gasteiger charge is 2.16. The number of amides is 1. The Kier molecular flexibility index (Phi) is 8.07. The second-order valence-corrected chi connectivity index (χ2v) is 5.92. The quantitative estimate of drug-likeness (QED) is 0.701. The number of nitrogens with one attached hydrogen (secondary N) is 2. The zero-order valence-corrected chi connectivity index (χ0v) is 12.9. The first-order chi connectivity index (χ1) is 9.13. The molecule has 0 saturated carbocycles. The Morgan fingerprint density at radius 2 is 1.84 bits per heavy atom. The molecule has 2 N–H and O–H groups in total. The van der Waals surface area contributed by atoms with Crippen LogP contribution in [0.5, 0.6) is 0 Å². The maximum Gasteiger partial charge on any atom is 0.224 e. The lowest BCUT2D eigenvalue weighted by Gasteiger charge is -2.29. The number of likely N-dealkylation sites (tertiary alicyclic amines) is 1. The number of hydrogen-bond acceptors (Lipinski definition) is 3. The van der Waals surface area contributed by atoms with Crippen LogP contribution in [0.1, 0.15) is 40.0 Å².